The molecule has 2 rings (SSSR count). The lowest BCUT2D eigenvalue weighted by molar-refractivity contribution is 0.102. The number of pyridine rings is 1. The molecule has 17 heavy (non-hydrogen) atoms. The number of halogens is 3. The van der Waals surface area contributed by atoms with Gasteiger partial charge in [0.05, 0.1) is 9.98 Å². The van der Waals surface area contributed by atoms with E-state index in [2.05, 4.69) is 31.2 Å². The van der Waals surface area contributed by atoms with E-state index in [4.69, 9.17) is 23.2 Å². The van der Waals surface area contributed by atoms with Crippen molar-refractivity contribution >= 4 is 61.5 Å². The van der Waals surface area contributed by atoms with Gasteiger partial charge in [-0.25, -0.2) is 9.97 Å². The Morgan fingerprint density at radius 2 is 2.00 bits per heavy atom. The Hall–Kier alpha value is -0.690. The van der Waals surface area contributed by atoms with Gasteiger partial charge in [-0.05, 0) is 28.1 Å². The number of rotatable bonds is 2. The van der Waals surface area contributed by atoms with Gasteiger partial charge >= 0.3 is 0 Å². The van der Waals surface area contributed by atoms with Crippen LogP contribution in [0.15, 0.2) is 22.1 Å². The van der Waals surface area contributed by atoms with Gasteiger partial charge in [-0.15, -0.1) is 0 Å². The third-order valence-corrected chi connectivity index (χ3v) is 3.50. The van der Waals surface area contributed by atoms with Gasteiger partial charge in [0, 0.05) is 5.56 Å². The van der Waals surface area contributed by atoms with E-state index in [-0.39, 0.29) is 16.2 Å². The fourth-order valence-corrected chi connectivity index (χ4v) is 2.64. The van der Waals surface area contributed by atoms with Crippen LogP contribution in [0.5, 0.6) is 0 Å². The molecule has 0 bridgehead atoms. The topological polar surface area (TPSA) is 54.9 Å². The molecule has 1 amide bonds. The first kappa shape index (κ1) is 12.8. The lowest BCUT2D eigenvalue weighted by atomic mass is 10.2. The largest absolute Gasteiger partial charge is 0.298 e. The SMILES string of the molecule is O=C(Nc1ncc(Br)s1)c1cc(Cl)nc(Cl)c1. The third-order valence-electron chi connectivity index (χ3n) is 1.72. The Labute approximate surface area is 119 Å². The number of anilines is 1. The zero-order valence-electron chi connectivity index (χ0n) is 8.08. The number of hydrogen-bond acceptors (Lipinski definition) is 4. The standard InChI is InChI=1S/C9H4BrCl2N3OS/c10-5-3-13-9(17-5)15-8(16)4-1-6(11)14-7(12)2-4/h1-3H,(H,13,15,16). The first-order valence-corrected chi connectivity index (χ1v) is 6.67. The lowest BCUT2D eigenvalue weighted by Gasteiger charge is -2.02. The van der Waals surface area contributed by atoms with Crippen molar-refractivity contribution in [2.24, 2.45) is 0 Å². The molecule has 0 atom stereocenters. The Bertz CT molecular complexity index is 555. The maximum atomic E-state index is 11.8. The molecule has 2 aromatic rings. The highest BCUT2D eigenvalue weighted by Gasteiger charge is 2.10. The van der Waals surface area contributed by atoms with Crippen molar-refractivity contribution in [1.29, 1.82) is 0 Å². The summed E-state index contributed by atoms with van der Waals surface area (Å²) in [5.41, 5.74) is 0.335. The van der Waals surface area contributed by atoms with Crippen LogP contribution < -0.4 is 5.32 Å². The van der Waals surface area contributed by atoms with Crippen molar-refractivity contribution in [2.45, 2.75) is 0 Å². The second-order valence-electron chi connectivity index (χ2n) is 2.92. The van der Waals surface area contributed by atoms with Gasteiger partial charge in [-0.1, -0.05) is 34.5 Å². The predicted octanol–water partition coefficient (Wildman–Crippen LogP) is 3.86. The molecule has 0 aromatic carbocycles. The van der Waals surface area contributed by atoms with Gasteiger partial charge in [-0.3, -0.25) is 10.1 Å². The van der Waals surface area contributed by atoms with Gasteiger partial charge < -0.3 is 0 Å². The first-order valence-electron chi connectivity index (χ1n) is 4.30. The molecule has 2 aromatic heterocycles. The number of nitrogens with zero attached hydrogens (tertiary/aromatic N) is 2. The molecule has 2 heterocycles. The molecule has 4 nitrogen and oxygen atoms in total. The van der Waals surface area contributed by atoms with E-state index < -0.39 is 0 Å². The summed E-state index contributed by atoms with van der Waals surface area (Å²) in [7, 11) is 0. The number of hydrogen-bond donors (Lipinski definition) is 1. The summed E-state index contributed by atoms with van der Waals surface area (Å²) < 4.78 is 0.832. The number of aromatic nitrogens is 2. The molecular formula is C9H4BrCl2N3OS. The van der Waals surface area contributed by atoms with Crippen molar-refractivity contribution < 1.29 is 4.79 Å². The van der Waals surface area contributed by atoms with E-state index >= 15 is 0 Å². The van der Waals surface area contributed by atoms with Crippen molar-refractivity contribution in [3.05, 3.63) is 38.0 Å². The summed E-state index contributed by atoms with van der Waals surface area (Å²) in [5.74, 6) is -0.335. The zero-order chi connectivity index (χ0) is 12.4. The average Bonchev–Trinajstić information content (AvgIpc) is 2.62. The second kappa shape index (κ2) is 5.30. The Kier molecular flexibility index (Phi) is 3.98. The average molecular weight is 353 g/mol. The van der Waals surface area contributed by atoms with Crippen LogP contribution in [0.4, 0.5) is 5.13 Å². The summed E-state index contributed by atoms with van der Waals surface area (Å²) in [6.07, 6.45) is 1.60. The van der Waals surface area contributed by atoms with E-state index in [9.17, 15) is 4.79 Å². The second-order valence-corrected chi connectivity index (χ2v) is 6.11. The van der Waals surface area contributed by atoms with Gasteiger partial charge in [0.2, 0.25) is 0 Å². The summed E-state index contributed by atoms with van der Waals surface area (Å²) in [6.45, 7) is 0. The van der Waals surface area contributed by atoms with Gasteiger partial charge in [-0.2, -0.15) is 0 Å². The molecule has 0 aliphatic rings. The van der Waals surface area contributed by atoms with E-state index in [0.29, 0.717) is 10.7 Å². The number of carbonyl (C=O) groups is 1. The summed E-state index contributed by atoms with van der Waals surface area (Å²) >= 11 is 16.0. The fourth-order valence-electron chi connectivity index (χ4n) is 1.08. The number of amides is 1. The van der Waals surface area contributed by atoms with Crippen LogP contribution in [0, 0.1) is 0 Å². The normalized spacial score (nSPS) is 10.3. The minimum Gasteiger partial charge on any atom is -0.298 e. The molecule has 0 saturated heterocycles. The monoisotopic (exact) mass is 351 g/mol. The molecule has 8 heteroatoms. The molecule has 0 aliphatic heterocycles. The molecule has 0 spiro atoms. The summed E-state index contributed by atoms with van der Waals surface area (Å²) in [4.78, 5) is 19.6. The molecule has 1 N–H and O–H groups in total. The van der Waals surface area contributed by atoms with Crippen molar-refractivity contribution in [1.82, 2.24) is 9.97 Å². The smallest absolute Gasteiger partial charge is 0.257 e. The quantitative estimate of drug-likeness (QED) is 0.835. The van der Waals surface area contributed by atoms with Gasteiger partial charge in [0.1, 0.15) is 10.3 Å². The zero-order valence-corrected chi connectivity index (χ0v) is 12.0. The summed E-state index contributed by atoms with van der Waals surface area (Å²) in [5, 5.41) is 3.46. The molecular weight excluding hydrogens is 349 g/mol. The lowest BCUT2D eigenvalue weighted by Crippen LogP contribution is -2.11. The molecule has 0 radical (unpaired) electrons. The maximum Gasteiger partial charge on any atom is 0.257 e. The van der Waals surface area contributed by atoms with Crippen LogP contribution in [0.25, 0.3) is 0 Å². The van der Waals surface area contributed by atoms with Crippen LogP contribution in [0.3, 0.4) is 0 Å². The summed E-state index contributed by atoms with van der Waals surface area (Å²) in [6, 6.07) is 2.87. The molecule has 0 fully saturated rings. The van der Waals surface area contributed by atoms with Crippen LogP contribution in [0.1, 0.15) is 10.4 Å². The van der Waals surface area contributed by atoms with Gasteiger partial charge in [0.15, 0.2) is 5.13 Å². The molecule has 0 aliphatic carbocycles. The number of nitrogens with one attached hydrogen (secondary N) is 1. The van der Waals surface area contributed by atoms with Crippen LogP contribution >= 0.6 is 50.5 Å². The highest BCUT2D eigenvalue weighted by molar-refractivity contribution is 9.11. The minimum atomic E-state index is -0.335. The van der Waals surface area contributed by atoms with E-state index in [1.165, 1.54) is 23.5 Å². The van der Waals surface area contributed by atoms with Crippen molar-refractivity contribution in [3.63, 3.8) is 0 Å². The van der Waals surface area contributed by atoms with Crippen LogP contribution in [0.2, 0.25) is 10.3 Å². The van der Waals surface area contributed by atoms with Crippen LogP contribution in [-0.2, 0) is 0 Å². The van der Waals surface area contributed by atoms with Crippen LogP contribution in [-0.4, -0.2) is 15.9 Å². The minimum absolute atomic E-state index is 0.169. The van der Waals surface area contributed by atoms with Gasteiger partial charge in [0.25, 0.3) is 5.91 Å². The molecule has 0 unspecified atom stereocenters. The van der Waals surface area contributed by atoms with E-state index in [1.807, 2.05) is 0 Å². The molecule has 0 saturated carbocycles. The van der Waals surface area contributed by atoms with E-state index in [1.54, 1.807) is 6.20 Å². The third kappa shape index (κ3) is 3.38. The highest BCUT2D eigenvalue weighted by Crippen LogP contribution is 2.24. The molecule has 88 valence electrons. The Morgan fingerprint density at radius 1 is 1.35 bits per heavy atom. The predicted molar refractivity (Wildman–Crippen MR) is 72.0 cm³/mol. The number of carbonyl (C=O) groups excluding carboxylic acids is 1. The Morgan fingerprint density at radius 3 is 2.53 bits per heavy atom. The number of thiazole rings is 1. The Balaban J connectivity index is 2.19. The highest BCUT2D eigenvalue weighted by atomic mass is 79.9. The first-order chi connectivity index (χ1) is 8.04. The van der Waals surface area contributed by atoms with E-state index in [0.717, 1.165) is 3.79 Å². The maximum absolute atomic E-state index is 11.8. The van der Waals surface area contributed by atoms with Crippen molar-refractivity contribution in [3.8, 4) is 0 Å². The fraction of sp³-hybridized carbons (Fsp3) is 0. The van der Waals surface area contributed by atoms with Crippen molar-refractivity contribution in [2.75, 3.05) is 5.32 Å².